The molecule has 8 heteroatoms. The molecule has 21 heavy (non-hydrogen) atoms. The minimum Gasteiger partial charge on any atom is -0.324 e. The number of sulfonamides is 1. The summed E-state index contributed by atoms with van der Waals surface area (Å²) >= 11 is 5.78. The lowest BCUT2D eigenvalue weighted by atomic mass is 9.98. The van der Waals surface area contributed by atoms with E-state index in [0.717, 1.165) is 6.26 Å². The molecule has 0 aliphatic carbocycles. The van der Waals surface area contributed by atoms with Gasteiger partial charge in [0, 0.05) is 13.1 Å². The van der Waals surface area contributed by atoms with Crippen LogP contribution in [0.5, 0.6) is 0 Å². The number of carbonyl (C=O) groups excluding carboxylic acids is 1. The third-order valence-electron chi connectivity index (χ3n) is 3.43. The van der Waals surface area contributed by atoms with Gasteiger partial charge < -0.3 is 5.32 Å². The van der Waals surface area contributed by atoms with Crippen molar-refractivity contribution in [1.29, 1.82) is 0 Å². The van der Waals surface area contributed by atoms with Gasteiger partial charge in [-0.3, -0.25) is 4.79 Å². The Morgan fingerprint density at radius 3 is 2.86 bits per heavy atom. The predicted octanol–water partition coefficient (Wildman–Crippen LogP) is 2.09. The number of rotatable bonds is 3. The van der Waals surface area contributed by atoms with Crippen molar-refractivity contribution in [3.8, 4) is 0 Å². The van der Waals surface area contributed by atoms with Crippen LogP contribution in [0.2, 0.25) is 5.02 Å². The van der Waals surface area contributed by atoms with Crippen molar-refractivity contribution in [2.24, 2.45) is 5.92 Å². The summed E-state index contributed by atoms with van der Waals surface area (Å²) in [5, 5.41) is 2.41. The molecule has 1 aliphatic heterocycles. The molecule has 1 aromatic rings. The van der Waals surface area contributed by atoms with Crippen LogP contribution in [-0.2, 0) is 14.8 Å². The van der Waals surface area contributed by atoms with E-state index in [1.165, 1.54) is 22.5 Å². The lowest BCUT2D eigenvalue weighted by Crippen LogP contribution is -2.43. The van der Waals surface area contributed by atoms with Crippen LogP contribution in [-0.4, -0.2) is 38.0 Å². The highest BCUT2D eigenvalue weighted by atomic mass is 35.5. The van der Waals surface area contributed by atoms with Gasteiger partial charge in [-0.05, 0) is 25.0 Å². The number of piperidine rings is 1. The zero-order valence-electron chi connectivity index (χ0n) is 11.5. The first-order valence-corrected chi connectivity index (χ1v) is 8.71. The average molecular weight is 335 g/mol. The van der Waals surface area contributed by atoms with E-state index >= 15 is 0 Å². The van der Waals surface area contributed by atoms with Gasteiger partial charge in [-0.2, -0.15) is 0 Å². The third kappa shape index (κ3) is 3.93. The summed E-state index contributed by atoms with van der Waals surface area (Å²) in [5.41, 5.74) is 0.193. The summed E-state index contributed by atoms with van der Waals surface area (Å²) in [6.45, 7) is 0.556. The van der Waals surface area contributed by atoms with E-state index < -0.39 is 21.8 Å². The summed E-state index contributed by atoms with van der Waals surface area (Å²) in [4.78, 5) is 12.2. The second-order valence-corrected chi connectivity index (χ2v) is 7.41. The molecule has 0 bridgehead atoms. The topological polar surface area (TPSA) is 66.5 Å². The van der Waals surface area contributed by atoms with Crippen molar-refractivity contribution in [3.63, 3.8) is 0 Å². The normalized spacial score (nSPS) is 20.2. The van der Waals surface area contributed by atoms with Crippen LogP contribution in [0.4, 0.5) is 10.1 Å². The number of nitrogens with one attached hydrogen (secondary N) is 1. The second-order valence-electron chi connectivity index (χ2n) is 5.05. The molecule has 1 fully saturated rings. The Labute approximate surface area is 128 Å². The smallest absolute Gasteiger partial charge is 0.228 e. The number of carbonyl (C=O) groups is 1. The van der Waals surface area contributed by atoms with Crippen LogP contribution in [0.15, 0.2) is 18.2 Å². The van der Waals surface area contributed by atoms with E-state index in [1.807, 2.05) is 0 Å². The van der Waals surface area contributed by atoms with E-state index in [2.05, 4.69) is 5.32 Å². The molecule has 1 aromatic carbocycles. The van der Waals surface area contributed by atoms with E-state index in [0.29, 0.717) is 19.4 Å². The molecular formula is C13H16ClFN2O3S. The molecule has 1 N–H and O–H groups in total. The number of anilines is 1. The third-order valence-corrected chi connectivity index (χ3v) is 5.09. The van der Waals surface area contributed by atoms with Crippen LogP contribution in [0.25, 0.3) is 0 Å². The van der Waals surface area contributed by atoms with Gasteiger partial charge in [-0.15, -0.1) is 0 Å². The number of hydrogen-bond acceptors (Lipinski definition) is 3. The Bertz CT molecular complexity index is 651. The lowest BCUT2D eigenvalue weighted by Gasteiger charge is -2.30. The molecule has 0 spiro atoms. The molecule has 1 saturated heterocycles. The number of halogens is 2. The van der Waals surface area contributed by atoms with Crippen LogP contribution < -0.4 is 5.32 Å². The molecule has 0 unspecified atom stereocenters. The first-order chi connectivity index (χ1) is 9.79. The molecule has 2 rings (SSSR count). The average Bonchev–Trinajstić information content (AvgIpc) is 2.43. The van der Waals surface area contributed by atoms with E-state index in [-0.39, 0.29) is 23.2 Å². The lowest BCUT2D eigenvalue weighted by molar-refractivity contribution is -0.120. The Hall–Kier alpha value is -1.18. The Balaban J connectivity index is 2.08. The maximum atomic E-state index is 13.3. The first kappa shape index (κ1) is 16.2. The van der Waals surface area contributed by atoms with Gasteiger partial charge in [0.05, 0.1) is 22.9 Å². The van der Waals surface area contributed by atoms with Gasteiger partial charge in [0.2, 0.25) is 15.9 Å². The Morgan fingerprint density at radius 2 is 2.19 bits per heavy atom. The van der Waals surface area contributed by atoms with E-state index in [4.69, 9.17) is 11.6 Å². The minimum atomic E-state index is -3.31. The molecule has 0 radical (unpaired) electrons. The molecule has 1 amide bonds. The SMILES string of the molecule is CS(=O)(=O)N1CCC[C@H](C(=O)Nc2cccc(F)c2Cl)C1. The highest BCUT2D eigenvalue weighted by Crippen LogP contribution is 2.26. The van der Waals surface area contributed by atoms with Gasteiger partial charge in [0.25, 0.3) is 0 Å². The Kier molecular flexibility index (Phi) is 4.85. The van der Waals surface area contributed by atoms with Crippen molar-refractivity contribution in [2.75, 3.05) is 24.7 Å². The zero-order chi connectivity index (χ0) is 15.6. The van der Waals surface area contributed by atoms with Crippen LogP contribution in [0.3, 0.4) is 0 Å². The number of nitrogens with zero attached hydrogens (tertiary/aromatic N) is 1. The van der Waals surface area contributed by atoms with Crippen molar-refractivity contribution in [2.45, 2.75) is 12.8 Å². The molecular weight excluding hydrogens is 319 g/mol. The van der Waals surface area contributed by atoms with E-state index in [1.54, 1.807) is 0 Å². The minimum absolute atomic E-state index is 0.137. The van der Waals surface area contributed by atoms with Gasteiger partial charge in [-0.25, -0.2) is 17.1 Å². The second kappa shape index (κ2) is 6.29. The van der Waals surface area contributed by atoms with Crippen molar-refractivity contribution >= 4 is 33.2 Å². The van der Waals surface area contributed by atoms with Crippen LogP contribution in [0, 0.1) is 11.7 Å². The summed E-state index contributed by atoms with van der Waals surface area (Å²) in [5.74, 6) is -1.43. The van der Waals surface area contributed by atoms with E-state index in [9.17, 15) is 17.6 Å². The first-order valence-electron chi connectivity index (χ1n) is 6.49. The predicted molar refractivity (Wildman–Crippen MR) is 79.2 cm³/mol. The maximum absolute atomic E-state index is 13.3. The Morgan fingerprint density at radius 1 is 1.48 bits per heavy atom. The fourth-order valence-electron chi connectivity index (χ4n) is 2.29. The fourth-order valence-corrected chi connectivity index (χ4v) is 3.38. The summed E-state index contributed by atoms with van der Waals surface area (Å²) in [7, 11) is -3.31. The van der Waals surface area contributed by atoms with Crippen LogP contribution >= 0.6 is 11.6 Å². The number of benzene rings is 1. The number of amides is 1. The van der Waals surface area contributed by atoms with Crippen molar-refractivity contribution in [1.82, 2.24) is 4.31 Å². The molecule has 1 atom stereocenters. The van der Waals surface area contributed by atoms with Gasteiger partial charge >= 0.3 is 0 Å². The largest absolute Gasteiger partial charge is 0.324 e. The quantitative estimate of drug-likeness (QED) is 0.920. The van der Waals surface area contributed by atoms with Crippen molar-refractivity contribution < 1.29 is 17.6 Å². The highest BCUT2D eigenvalue weighted by Gasteiger charge is 2.30. The fraction of sp³-hybridized carbons (Fsp3) is 0.462. The van der Waals surface area contributed by atoms with Crippen molar-refractivity contribution in [3.05, 3.63) is 29.0 Å². The molecule has 0 aromatic heterocycles. The zero-order valence-corrected chi connectivity index (χ0v) is 13.0. The summed E-state index contributed by atoms with van der Waals surface area (Å²) in [6, 6.07) is 4.14. The molecule has 1 aliphatic rings. The molecule has 0 saturated carbocycles. The van der Waals surface area contributed by atoms with Gasteiger partial charge in [-0.1, -0.05) is 17.7 Å². The van der Waals surface area contributed by atoms with Crippen LogP contribution in [0.1, 0.15) is 12.8 Å². The van der Waals surface area contributed by atoms with Gasteiger partial charge in [0.15, 0.2) is 0 Å². The molecule has 1 heterocycles. The number of hydrogen-bond donors (Lipinski definition) is 1. The monoisotopic (exact) mass is 334 g/mol. The maximum Gasteiger partial charge on any atom is 0.228 e. The highest BCUT2D eigenvalue weighted by molar-refractivity contribution is 7.88. The summed E-state index contributed by atoms with van der Waals surface area (Å²) in [6.07, 6.45) is 2.32. The standard InChI is InChI=1S/C13H16ClFN2O3S/c1-21(19,20)17-7-3-4-9(8-17)13(18)16-11-6-2-5-10(15)12(11)14/h2,5-6,9H,3-4,7-8H2,1H3,(H,16,18)/t9-/m0/s1. The summed E-state index contributed by atoms with van der Waals surface area (Å²) < 4.78 is 37.7. The van der Waals surface area contributed by atoms with Gasteiger partial charge in [0.1, 0.15) is 5.82 Å². The molecule has 116 valence electrons. The molecule has 5 nitrogen and oxygen atoms in total.